The van der Waals surface area contributed by atoms with Gasteiger partial charge in [-0.25, -0.2) is 0 Å². The van der Waals surface area contributed by atoms with Crippen LogP contribution < -0.4 is 9.47 Å². The molecule has 2 aromatic rings. The lowest BCUT2D eigenvalue weighted by Crippen LogP contribution is -2.27. The van der Waals surface area contributed by atoms with E-state index < -0.39 is 0 Å². The molecule has 0 bridgehead atoms. The summed E-state index contributed by atoms with van der Waals surface area (Å²) in [5.41, 5.74) is 0.878. The molecule has 20 heavy (non-hydrogen) atoms. The van der Waals surface area contributed by atoms with E-state index in [0.29, 0.717) is 9.93 Å². The molecule has 0 aliphatic rings. The third-order valence-electron chi connectivity index (χ3n) is 2.53. The monoisotopic (exact) mass is 284 g/mol. The molecule has 0 amide bonds. The first-order valence-electron chi connectivity index (χ1n) is 5.85. The van der Waals surface area contributed by atoms with Crippen LogP contribution in [0.5, 0.6) is 5.75 Å². The van der Waals surface area contributed by atoms with Gasteiger partial charge in [0.15, 0.2) is 6.20 Å². The zero-order valence-corrected chi connectivity index (χ0v) is 11.6. The summed E-state index contributed by atoms with van der Waals surface area (Å²) >= 11 is 1.14. The molecule has 0 atom stereocenters. The lowest BCUT2D eigenvalue weighted by atomic mass is 10.2. The molecule has 0 N–H and O–H groups in total. The molecule has 0 aliphatic heterocycles. The highest BCUT2D eigenvalue weighted by molar-refractivity contribution is 8.03. The van der Waals surface area contributed by atoms with E-state index in [1.165, 1.54) is 6.20 Å². The van der Waals surface area contributed by atoms with E-state index in [0.717, 1.165) is 27.8 Å². The molecule has 1 aromatic carbocycles. The molecule has 5 heteroatoms. The van der Waals surface area contributed by atoms with E-state index in [-0.39, 0.29) is 0 Å². The molecule has 0 spiro atoms. The molecule has 1 heterocycles. The van der Waals surface area contributed by atoms with Crippen LogP contribution in [0.2, 0.25) is 0 Å². The normalized spacial score (nSPS) is 10.9. The van der Waals surface area contributed by atoms with Crippen LogP contribution in [-0.2, 0) is 0 Å². The molecule has 4 nitrogen and oxygen atoms in total. The van der Waals surface area contributed by atoms with Crippen LogP contribution in [0.25, 0.3) is 6.08 Å². The summed E-state index contributed by atoms with van der Waals surface area (Å²) in [5.74, 6) is 0.758. The molecule has 2 rings (SSSR count). The fourth-order valence-electron chi connectivity index (χ4n) is 1.54. The third-order valence-corrected chi connectivity index (χ3v) is 3.48. The molecule has 1 aromatic heterocycles. The number of thioether (sulfide) groups is 1. The number of hydrogen-bond donors (Lipinski definition) is 0. The Hall–Kier alpha value is -2.45. The van der Waals surface area contributed by atoms with Crippen molar-refractivity contribution in [2.24, 2.45) is 0 Å². The Morgan fingerprint density at radius 3 is 2.65 bits per heavy atom. The summed E-state index contributed by atoms with van der Waals surface area (Å²) < 4.78 is 5.82. The average molecular weight is 284 g/mol. The van der Waals surface area contributed by atoms with Gasteiger partial charge in [0.1, 0.15) is 11.8 Å². The Morgan fingerprint density at radius 2 is 2.05 bits per heavy atom. The van der Waals surface area contributed by atoms with E-state index in [4.69, 9.17) is 10.00 Å². The van der Waals surface area contributed by atoms with Crippen LogP contribution >= 0.6 is 11.8 Å². The number of hydrogen-bond acceptors (Lipinski definition) is 4. The summed E-state index contributed by atoms with van der Waals surface area (Å²) in [4.78, 5) is 0.450. The summed E-state index contributed by atoms with van der Waals surface area (Å²) in [6, 6.07) is 14.5. The molecule has 0 radical (unpaired) electrons. The maximum atomic E-state index is 11.5. The Morgan fingerprint density at radius 1 is 1.30 bits per heavy atom. The van der Waals surface area contributed by atoms with E-state index in [1.54, 1.807) is 31.4 Å². The number of pyridine rings is 1. The van der Waals surface area contributed by atoms with Crippen molar-refractivity contribution in [2.45, 2.75) is 5.03 Å². The number of allylic oxidation sites excluding steroid dienone is 1. The van der Waals surface area contributed by atoms with Crippen molar-refractivity contribution in [3.63, 3.8) is 0 Å². The number of rotatable bonds is 4. The van der Waals surface area contributed by atoms with Crippen LogP contribution in [0.3, 0.4) is 0 Å². The van der Waals surface area contributed by atoms with Gasteiger partial charge in [-0.05, 0) is 41.6 Å². The van der Waals surface area contributed by atoms with Gasteiger partial charge >= 0.3 is 0 Å². The fourth-order valence-corrected chi connectivity index (χ4v) is 2.30. The second-order valence-corrected chi connectivity index (χ2v) is 4.92. The van der Waals surface area contributed by atoms with Crippen LogP contribution in [0.15, 0.2) is 58.6 Å². The minimum Gasteiger partial charge on any atom is -0.618 e. The highest BCUT2D eigenvalue weighted by atomic mass is 32.2. The second kappa shape index (κ2) is 6.64. The van der Waals surface area contributed by atoms with E-state index in [9.17, 15) is 5.21 Å². The van der Waals surface area contributed by atoms with Gasteiger partial charge in [0.05, 0.1) is 12.0 Å². The van der Waals surface area contributed by atoms with Gasteiger partial charge in [-0.1, -0.05) is 12.1 Å². The fraction of sp³-hybridized carbons (Fsp3) is 0.0667. The SMILES string of the molecule is COc1ccc(C=C(C#N)Sc2cccc[n+]2[O-])cc1. The predicted molar refractivity (Wildman–Crippen MR) is 77.8 cm³/mol. The van der Waals surface area contributed by atoms with Crippen molar-refractivity contribution < 1.29 is 9.47 Å². The molecular formula is C15H12N2O2S. The van der Waals surface area contributed by atoms with Crippen LogP contribution in [0, 0.1) is 16.5 Å². The van der Waals surface area contributed by atoms with E-state index in [1.807, 2.05) is 24.3 Å². The summed E-state index contributed by atoms with van der Waals surface area (Å²) in [6.07, 6.45) is 3.14. The second-order valence-electron chi connectivity index (χ2n) is 3.86. The van der Waals surface area contributed by atoms with Gasteiger partial charge in [0, 0.05) is 12.1 Å². The molecule has 0 fully saturated rings. The molecule has 0 saturated heterocycles. The van der Waals surface area contributed by atoms with Crippen molar-refractivity contribution in [1.29, 1.82) is 5.26 Å². The first-order chi connectivity index (χ1) is 9.72. The number of aromatic nitrogens is 1. The standard InChI is InChI=1S/C15H12N2O2S/c1-19-13-7-5-12(6-8-13)10-14(11-16)20-15-4-2-3-9-17(15)18/h2-10H,1H3. The Bertz CT molecular complexity index is 660. The lowest BCUT2D eigenvalue weighted by Gasteiger charge is -2.02. The molecule has 0 saturated carbocycles. The van der Waals surface area contributed by atoms with E-state index in [2.05, 4.69) is 6.07 Å². The first kappa shape index (κ1) is 14.0. The van der Waals surface area contributed by atoms with Crippen molar-refractivity contribution in [3.05, 3.63) is 64.3 Å². The zero-order chi connectivity index (χ0) is 14.4. The van der Waals surface area contributed by atoms with Gasteiger partial charge in [0.2, 0.25) is 0 Å². The number of ether oxygens (including phenoxy) is 1. The summed E-state index contributed by atoms with van der Waals surface area (Å²) in [7, 11) is 1.60. The number of nitriles is 1. The van der Waals surface area contributed by atoms with Gasteiger partial charge in [0.25, 0.3) is 5.03 Å². The van der Waals surface area contributed by atoms with Crippen LogP contribution in [-0.4, -0.2) is 7.11 Å². The Labute approximate surface area is 121 Å². The van der Waals surface area contributed by atoms with Gasteiger partial charge < -0.3 is 9.94 Å². The average Bonchev–Trinajstić information content (AvgIpc) is 2.49. The highest BCUT2D eigenvalue weighted by Gasteiger charge is 2.08. The van der Waals surface area contributed by atoms with Crippen LogP contribution in [0.4, 0.5) is 0 Å². The number of nitrogens with zero attached hydrogens (tertiary/aromatic N) is 2. The predicted octanol–water partition coefficient (Wildman–Crippen LogP) is 2.99. The van der Waals surface area contributed by atoms with Gasteiger partial charge in [-0.2, -0.15) is 9.99 Å². The zero-order valence-electron chi connectivity index (χ0n) is 10.8. The van der Waals surface area contributed by atoms with Crippen molar-refractivity contribution in [2.75, 3.05) is 7.11 Å². The maximum Gasteiger partial charge on any atom is 0.256 e. The van der Waals surface area contributed by atoms with Crippen molar-refractivity contribution in [3.8, 4) is 11.8 Å². The summed E-state index contributed by atoms with van der Waals surface area (Å²) in [5, 5.41) is 21.2. The number of benzene rings is 1. The van der Waals surface area contributed by atoms with Gasteiger partial charge in [-0.15, -0.1) is 0 Å². The Balaban J connectivity index is 2.21. The third kappa shape index (κ3) is 3.53. The topological polar surface area (TPSA) is 60.0 Å². The lowest BCUT2D eigenvalue weighted by molar-refractivity contribution is -0.645. The molecular weight excluding hydrogens is 272 g/mol. The summed E-state index contributed by atoms with van der Waals surface area (Å²) in [6.45, 7) is 0. The smallest absolute Gasteiger partial charge is 0.256 e. The molecule has 100 valence electrons. The van der Waals surface area contributed by atoms with Gasteiger partial charge in [-0.3, -0.25) is 0 Å². The minimum atomic E-state index is 0.450. The molecule has 0 aliphatic carbocycles. The van der Waals surface area contributed by atoms with Crippen molar-refractivity contribution >= 4 is 17.8 Å². The minimum absolute atomic E-state index is 0.450. The quantitative estimate of drug-likeness (QED) is 0.375. The van der Waals surface area contributed by atoms with E-state index >= 15 is 0 Å². The highest BCUT2D eigenvalue weighted by Crippen LogP contribution is 2.25. The molecule has 0 unspecified atom stereocenters. The van der Waals surface area contributed by atoms with Crippen LogP contribution in [0.1, 0.15) is 5.56 Å². The number of methoxy groups -OCH3 is 1. The van der Waals surface area contributed by atoms with Crippen molar-refractivity contribution in [1.82, 2.24) is 0 Å². The first-order valence-corrected chi connectivity index (χ1v) is 6.66. The Kier molecular flexibility index (Phi) is 4.64. The maximum absolute atomic E-state index is 11.5. The largest absolute Gasteiger partial charge is 0.618 e.